The van der Waals surface area contributed by atoms with Gasteiger partial charge in [-0.25, -0.2) is 8.42 Å². The van der Waals surface area contributed by atoms with E-state index in [9.17, 15) is 18.0 Å². The van der Waals surface area contributed by atoms with Crippen LogP contribution in [0, 0.1) is 0 Å². The third-order valence-electron chi connectivity index (χ3n) is 5.02. The normalized spacial score (nSPS) is 16.4. The fraction of sp³-hybridized carbons (Fsp3) is 0.182. The molecular formula is C22H21N3O4S2. The number of hydrogen-bond donors (Lipinski definition) is 2. The predicted octanol–water partition coefficient (Wildman–Crippen LogP) is 3.46. The topological polar surface area (TPSA) is 95.6 Å². The number of sulfonamides is 1. The van der Waals surface area contributed by atoms with Gasteiger partial charge in [-0.05, 0) is 47.2 Å². The minimum absolute atomic E-state index is 0.125. The maximum Gasteiger partial charge on any atom is 0.253 e. The smallest absolute Gasteiger partial charge is 0.253 e. The molecule has 160 valence electrons. The first kappa shape index (κ1) is 21.2. The lowest BCUT2D eigenvalue weighted by atomic mass is 9.95. The predicted molar refractivity (Wildman–Crippen MR) is 120 cm³/mol. The Hall–Kier alpha value is -3.01. The van der Waals surface area contributed by atoms with Crippen molar-refractivity contribution in [2.24, 2.45) is 0 Å². The highest BCUT2D eigenvalue weighted by atomic mass is 32.2. The van der Waals surface area contributed by atoms with Crippen molar-refractivity contribution in [1.82, 2.24) is 4.31 Å². The summed E-state index contributed by atoms with van der Waals surface area (Å²) < 4.78 is 28.1. The Kier molecular flexibility index (Phi) is 5.90. The summed E-state index contributed by atoms with van der Waals surface area (Å²) in [6.45, 7) is 1.53. The quantitative estimate of drug-likeness (QED) is 0.616. The van der Waals surface area contributed by atoms with Crippen LogP contribution in [0.25, 0.3) is 0 Å². The second-order valence-electron chi connectivity index (χ2n) is 7.22. The Morgan fingerprint density at radius 3 is 2.35 bits per heavy atom. The molecule has 1 aromatic heterocycles. The van der Waals surface area contributed by atoms with Crippen LogP contribution in [0.5, 0.6) is 0 Å². The number of anilines is 2. The van der Waals surface area contributed by atoms with E-state index in [1.54, 1.807) is 41.8 Å². The van der Waals surface area contributed by atoms with Gasteiger partial charge in [-0.3, -0.25) is 9.59 Å². The van der Waals surface area contributed by atoms with Crippen LogP contribution in [-0.4, -0.2) is 30.6 Å². The van der Waals surface area contributed by atoms with E-state index < -0.39 is 22.0 Å². The summed E-state index contributed by atoms with van der Waals surface area (Å²) in [5.74, 6) is -0.643. The molecule has 2 aromatic carbocycles. The highest BCUT2D eigenvalue weighted by Gasteiger charge is 2.40. The van der Waals surface area contributed by atoms with Crippen molar-refractivity contribution in [1.29, 1.82) is 0 Å². The van der Waals surface area contributed by atoms with Crippen LogP contribution >= 0.6 is 11.3 Å². The molecular weight excluding hydrogens is 434 g/mol. The molecule has 4 rings (SSSR count). The zero-order chi connectivity index (χ0) is 22.0. The molecule has 7 nitrogen and oxygen atoms in total. The van der Waals surface area contributed by atoms with Gasteiger partial charge < -0.3 is 10.6 Å². The maximum absolute atomic E-state index is 13.3. The van der Waals surface area contributed by atoms with E-state index in [1.165, 1.54) is 11.2 Å². The van der Waals surface area contributed by atoms with E-state index in [0.29, 0.717) is 11.4 Å². The Bertz CT molecular complexity index is 1220. The van der Waals surface area contributed by atoms with Gasteiger partial charge in [-0.2, -0.15) is 4.31 Å². The average Bonchev–Trinajstić information content (AvgIpc) is 3.28. The lowest BCUT2D eigenvalue weighted by Gasteiger charge is -2.34. The minimum atomic E-state index is -3.84. The third-order valence-corrected chi connectivity index (χ3v) is 8.24. The van der Waals surface area contributed by atoms with E-state index in [1.807, 2.05) is 24.3 Å². The van der Waals surface area contributed by atoms with Gasteiger partial charge in [0.15, 0.2) is 0 Å². The highest BCUT2D eigenvalue weighted by molar-refractivity contribution is 7.91. The molecule has 0 radical (unpaired) electrons. The Morgan fingerprint density at radius 1 is 0.968 bits per heavy atom. The van der Waals surface area contributed by atoms with Gasteiger partial charge in [0.25, 0.3) is 10.0 Å². The number of thiophene rings is 1. The van der Waals surface area contributed by atoms with Gasteiger partial charge in [0.05, 0.1) is 0 Å². The van der Waals surface area contributed by atoms with Crippen molar-refractivity contribution in [2.45, 2.75) is 30.1 Å². The van der Waals surface area contributed by atoms with Gasteiger partial charge in [-0.1, -0.05) is 36.4 Å². The van der Waals surface area contributed by atoms with E-state index >= 15 is 0 Å². The number of amides is 2. The molecule has 2 heterocycles. The Morgan fingerprint density at radius 2 is 1.68 bits per heavy atom. The molecule has 1 unspecified atom stereocenters. The molecule has 3 aromatic rings. The monoisotopic (exact) mass is 455 g/mol. The minimum Gasteiger partial charge on any atom is -0.326 e. The second-order valence-corrected chi connectivity index (χ2v) is 10.3. The van der Waals surface area contributed by atoms with E-state index in [4.69, 9.17) is 0 Å². The molecule has 1 aliphatic rings. The van der Waals surface area contributed by atoms with Gasteiger partial charge in [0, 0.05) is 24.8 Å². The number of rotatable bonds is 5. The first-order valence-corrected chi connectivity index (χ1v) is 12.0. The van der Waals surface area contributed by atoms with Crippen molar-refractivity contribution >= 4 is 44.5 Å². The van der Waals surface area contributed by atoms with E-state index in [2.05, 4.69) is 10.6 Å². The van der Waals surface area contributed by atoms with Crippen molar-refractivity contribution in [3.05, 3.63) is 77.2 Å². The highest BCUT2D eigenvalue weighted by Crippen LogP contribution is 2.31. The SMILES string of the molecule is CC(=O)Nc1cccc(NC(=O)C2Cc3ccccc3CN2S(=O)(=O)c2cccs2)c1. The van der Waals surface area contributed by atoms with Crippen LogP contribution in [0.1, 0.15) is 18.1 Å². The molecule has 0 saturated carbocycles. The second kappa shape index (κ2) is 8.62. The van der Waals surface area contributed by atoms with Gasteiger partial charge in [-0.15, -0.1) is 11.3 Å². The summed E-state index contributed by atoms with van der Waals surface area (Å²) in [5.41, 5.74) is 2.86. The van der Waals surface area contributed by atoms with Crippen molar-refractivity contribution in [3.63, 3.8) is 0 Å². The standard InChI is InChI=1S/C22H21N3O4S2/c1-15(26)23-18-8-4-9-19(13-18)24-22(27)20-12-16-6-2-3-7-17(16)14-25(20)31(28,29)21-10-5-11-30-21/h2-11,13,20H,12,14H2,1H3,(H,23,26)(H,24,27). The van der Waals surface area contributed by atoms with Crippen LogP contribution in [0.15, 0.2) is 70.3 Å². The summed E-state index contributed by atoms with van der Waals surface area (Å²) in [6.07, 6.45) is 0.276. The molecule has 1 atom stereocenters. The molecule has 0 aliphatic carbocycles. The first-order chi connectivity index (χ1) is 14.8. The molecule has 0 fully saturated rings. The molecule has 31 heavy (non-hydrogen) atoms. The molecule has 1 aliphatic heterocycles. The molecule has 2 N–H and O–H groups in total. The fourth-order valence-electron chi connectivity index (χ4n) is 3.60. The number of carbonyl (C=O) groups excluding carboxylic acids is 2. The van der Waals surface area contributed by atoms with Crippen LogP contribution in [0.2, 0.25) is 0 Å². The van der Waals surface area contributed by atoms with E-state index in [0.717, 1.165) is 22.5 Å². The number of benzene rings is 2. The summed E-state index contributed by atoms with van der Waals surface area (Å²) >= 11 is 1.13. The van der Waals surface area contributed by atoms with Crippen LogP contribution in [0.4, 0.5) is 11.4 Å². The van der Waals surface area contributed by atoms with Crippen LogP contribution < -0.4 is 10.6 Å². The lowest BCUT2D eigenvalue weighted by molar-refractivity contribution is -0.120. The summed E-state index contributed by atoms with van der Waals surface area (Å²) in [6, 6.07) is 16.6. The number of nitrogens with one attached hydrogen (secondary N) is 2. The third kappa shape index (κ3) is 4.53. The van der Waals surface area contributed by atoms with Crippen molar-refractivity contribution < 1.29 is 18.0 Å². The van der Waals surface area contributed by atoms with Crippen molar-refractivity contribution in [2.75, 3.05) is 10.6 Å². The summed E-state index contributed by atoms with van der Waals surface area (Å²) in [7, 11) is -3.84. The number of nitrogens with zero attached hydrogens (tertiary/aromatic N) is 1. The molecule has 0 spiro atoms. The maximum atomic E-state index is 13.3. The number of fused-ring (bicyclic) bond motifs is 1. The lowest BCUT2D eigenvalue weighted by Crippen LogP contribution is -2.50. The summed E-state index contributed by atoms with van der Waals surface area (Å²) in [5, 5.41) is 7.18. The fourth-order valence-corrected chi connectivity index (χ4v) is 6.29. The molecule has 0 bridgehead atoms. The van der Waals surface area contributed by atoms with Crippen LogP contribution in [0.3, 0.4) is 0 Å². The summed E-state index contributed by atoms with van der Waals surface area (Å²) in [4.78, 5) is 24.5. The largest absolute Gasteiger partial charge is 0.326 e. The van der Waals surface area contributed by atoms with Crippen molar-refractivity contribution in [3.8, 4) is 0 Å². The van der Waals surface area contributed by atoms with Gasteiger partial charge in [0.1, 0.15) is 10.3 Å². The Balaban J connectivity index is 1.65. The first-order valence-electron chi connectivity index (χ1n) is 9.65. The molecule has 2 amide bonds. The molecule has 0 saturated heterocycles. The number of hydrogen-bond acceptors (Lipinski definition) is 5. The van der Waals surface area contributed by atoms with Crippen LogP contribution in [-0.2, 0) is 32.6 Å². The van der Waals surface area contributed by atoms with Gasteiger partial charge >= 0.3 is 0 Å². The molecule has 9 heteroatoms. The average molecular weight is 456 g/mol. The van der Waals surface area contributed by atoms with E-state index in [-0.39, 0.29) is 23.1 Å². The Labute approximate surface area is 184 Å². The van der Waals surface area contributed by atoms with Gasteiger partial charge in [0.2, 0.25) is 11.8 Å². The number of carbonyl (C=O) groups is 2. The zero-order valence-electron chi connectivity index (χ0n) is 16.7. The zero-order valence-corrected chi connectivity index (χ0v) is 18.4.